The van der Waals surface area contributed by atoms with Gasteiger partial charge in [-0.3, -0.25) is 4.98 Å². The molecule has 0 unspecified atom stereocenters. The van der Waals surface area contributed by atoms with Crippen LogP contribution in [0.1, 0.15) is 0 Å². The molecule has 0 aliphatic rings. The molecule has 0 saturated carbocycles. The highest BCUT2D eigenvalue weighted by molar-refractivity contribution is 7.89. The van der Waals surface area contributed by atoms with E-state index in [1.807, 2.05) is 0 Å². The smallest absolute Gasteiger partial charge is 0.258 e. The third kappa shape index (κ3) is 2.81. The molecule has 7 nitrogen and oxygen atoms in total. The van der Waals surface area contributed by atoms with Crippen molar-refractivity contribution < 1.29 is 12.9 Å². The summed E-state index contributed by atoms with van der Waals surface area (Å²) in [6, 6.07) is 9.51. The molecule has 21 heavy (non-hydrogen) atoms. The summed E-state index contributed by atoms with van der Waals surface area (Å²) >= 11 is 0. The molecule has 3 aromatic rings. The topological polar surface area (TPSA) is 112 Å². The van der Waals surface area contributed by atoms with Crippen LogP contribution < -0.4 is 5.14 Å². The average Bonchev–Trinajstić information content (AvgIpc) is 2.97. The Bertz CT molecular complexity index is 875. The SMILES string of the molecule is NS(=O)(=O)c1cccc(-c2nc(-c3ccncc3)no2)c1. The molecule has 0 fully saturated rings. The standard InChI is InChI=1S/C13H10N4O3S/c14-21(18,19)11-3-1-2-10(8-11)13-16-12(17-20-13)9-4-6-15-7-5-9/h1-8H,(H2,14,18,19). The van der Waals surface area contributed by atoms with Gasteiger partial charge >= 0.3 is 0 Å². The molecule has 2 N–H and O–H groups in total. The number of sulfonamides is 1. The largest absolute Gasteiger partial charge is 0.334 e. The Labute approximate surface area is 120 Å². The third-order valence-electron chi connectivity index (χ3n) is 2.77. The van der Waals surface area contributed by atoms with E-state index >= 15 is 0 Å². The highest BCUT2D eigenvalue weighted by atomic mass is 32.2. The van der Waals surface area contributed by atoms with Gasteiger partial charge in [0, 0.05) is 23.5 Å². The molecule has 0 bridgehead atoms. The second kappa shape index (κ2) is 5.08. The molecule has 1 aromatic carbocycles. The minimum atomic E-state index is -3.78. The van der Waals surface area contributed by atoms with E-state index in [0.29, 0.717) is 11.4 Å². The Morgan fingerprint density at radius 3 is 2.52 bits per heavy atom. The summed E-state index contributed by atoms with van der Waals surface area (Å²) in [5, 5.41) is 8.96. The van der Waals surface area contributed by atoms with Crippen LogP contribution in [0.25, 0.3) is 22.8 Å². The van der Waals surface area contributed by atoms with Crippen molar-refractivity contribution in [3.8, 4) is 22.8 Å². The summed E-state index contributed by atoms with van der Waals surface area (Å²) < 4.78 is 27.9. The first-order valence-corrected chi connectivity index (χ1v) is 7.46. The number of nitrogens with two attached hydrogens (primary N) is 1. The van der Waals surface area contributed by atoms with E-state index in [1.165, 1.54) is 12.1 Å². The summed E-state index contributed by atoms with van der Waals surface area (Å²) in [5.74, 6) is 0.612. The van der Waals surface area contributed by atoms with E-state index in [1.54, 1.807) is 36.7 Å². The lowest BCUT2D eigenvalue weighted by atomic mass is 10.2. The summed E-state index contributed by atoms with van der Waals surface area (Å²) in [5.41, 5.74) is 1.23. The van der Waals surface area contributed by atoms with Crippen molar-refractivity contribution in [1.29, 1.82) is 0 Å². The Hall–Kier alpha value is -2.58. The molecule has 0 atom stereocenters. The first-order chi connectivity index (χ1) is 10.0. The molecule has 8 heteroatoms. The fraction of sp³-hybridized carbons (Fsp3) is 0. The van der Waals surface area contributed by atoms with Gasteiger partial charge in [-0.25, -0.2) is 13.6 Å². The normalized spacial score (nSPS) is 11.5. The first-order valence-electron chi connectivity index (χ1n) is 5.91. The van der Waals surface area contributed by atoms with Crippen molar-refractivity contribution >= 4 is 10.0 Å². The van der Waals surface area contributed by atoms with Gasteiger partial charge in [-0.15, -0.1) is 0 Å². The molecule has 0 radical (unpaired) electrons. The number of pyridine rings is 1. The van der Waals surface area contributed by atoms with Crippen LogP contribution in [0.4, 0.5) is 0 Å². The quantitative estimate of drug-likeness (QED) is 0.783. The Balaban J connectivity index is 2.01. The number of hydrogen-bond acceptors (Lipinski definition) is 6. The first kappa shape index (κ1) is 13.4. The van der Waals surface area contributed by atoms with Gasteiger partial charge in [-0.2, -0.15) is 4.98 Å². The zero-order chi connectivity index (χ0) is 14.9. The van der Waals surface area contributed by atoms with E-state index in [9.17, 15) is 8.42 Å². The van der Waals surface area contributed by atoms with Crippen molar-refractivity contribution in [2.75, 3.05) is 0 Å². The Kier molecular flexibility index (Phi) is 3.24. The zero-order valence-corrected chi connectivity index (χ0v) is 11.5. The summed E-state index contributed by atoms with van der Waals surface area (Å²) in [7, 11) is -3.78. The zero-order valence-electron chi connectivity index (χ0n) is 10.7. The minimum absolute atomic E-state index is 0.0105. The van der Waals surface area contributed by atoms with E-state index < -0.39 is 10.0 Å². The van der Waals surface area contributed by atoms with E-state index in [0.717, 1.165) is 5.56 Å². The van der Waals surface area contributed by atoms with Crippen LogP contribution >= 0.6 is 0 Å². The van der Waals surface area contributed by atoms with E-state index in [-0.39, 0.29) is 10.8 Å². The number of nitrogens with zero attached hydrogens (tertiary/aromatic N) is 3. The monoisotopic (exact) mass is 302 g/mol. The minimum Gasteiger partial charge on any atom is -0.334 e. The summed E-state index contributed by atoms with van der Waals surface area (Å²) in [6.07, 6.45) is 3.24. The summed E-state index contributed by atoms with van der Waals surface area (Å²) in [6.45, 7) is 0. The van der Waals surface area contributed by atoms with Crippen LogP contribution in [0.15, 0.2) is 58.2 Å². The maximum Gasteiger partial charge on any atom is 0.258 e. The maximum atomic E-state index is 11.3. The second-order valence-electron chi connectivity index (χ2n) is 4.23. The molecule has 2 aromatic heterocycles. The highest BCUT2D eigenvalue weighted by Gasteiger charge is 2.13. The highest BCUT2D eigenvalue weighted by Crippen LogP contribution is 2.23. The van der Waals surface area contributed by atoms with Crippen molar-refractivity contribution in [3.63, 3.8) is 0 Å². The number of primary sulfonamides is 1. The molecule has 0 saturated heterocycles. The predicted molar refractivity (Wildman–Crippen MR) is 74.3 cm³/mol. The average molecular weight is 302 g/mol. The van der Waals surface area contributed by atoms with Crippen LogP contribution in [0, 0.1) is 0 Å². The van der Waals surface area contributed by atoms with Crippen molar-refractivity contribution in [1.82, 2.24) is 15.1 Å². The van der Waals surface area contributed by atoms with Gasteiger partial charge in [0.05, 0.1) is 4.90 Å². The molecule has 3 rings (SSSR count). The molecule has 0 spiro atoms. The molecule has 0 aliphatic heterocycles. The van der Waals surface area contributed by atoms with Gasteiger partial charge in [-0.1, -0.05) is 11.2 Å². The van der Waals surface area contributed by atoms with Crippen LogP contribution in [0.3, 0.4) is 0 Å². The molecule has 106 valence electrons. The molecule has 0 amide bonds. The number of benzene rings is 1. The fourth-order valence-corrected chi connectivity index (χ4v) is 2.32. The maximum absolute atomic E-state index is 11.3. The molecular formula is C13H10N4O3S. The Morgan fingerprint density at radius 1 is 1.05 bits per heavy atom. The van der Waals surface area contributed by atoms with Crippen LogP contribution in [0.5, 0.6) is 0 Å². The van der Waals surface area contributed by atoms with E-state index in [4.69, 9.17) is 9.66 Å². The Morgan fingerprint density at radius 2 is 1.81 bits per heavy atom. The number of aromatic nitrogens is 3. The van der Waals surface area contributed by atoms with Crippen molar-refractivity contribution in [2.24, 2.45) is 5.14 Å². The second-order valence-corrected chi connectivity index (χ2v) is 5.79. The van der Waals surface area contributed by atoms with E-state index in [2.05, 4.69) is 15.1 Å². The van der Waals surface area contributed by atoms with Crippen molar-refractivity contribution in [2.45, 2.75) is 4.90 Å². The van der Waals surface area contributed by atoms with Gasteiger partial charge in [0.15, 0.2) is 0 Å². The van der Waals surface area contributed by atoms with Crippen LogP contribution in [0.2, 0.25) is 0 Å². The summed E-state index contributed by atoms with van der Waals surface area (Å²) in [4.78, 5) is 8.13. The number of hydrogen-bond donors (Lipinski definition) is 1. The lowest BCUT2D eigenvalue weighted by molar-refractivity contribution is 0.432. The number of rotatable bonds is 3. The van der Waals surface area contributed by atoms with Gasteiger partial charge < -0.3 is 4.52 Å². The fourth-order valence-electron chi connectivity index (χ4n) is 1.77. The predicted octanol–water partition coefficient (Wildman–Crippen LogP) is 1.45. The van der Waals surface area contributed by atoms with Gasteiger partial charge in [0.25, 0.3) is 5.89 Å². The lowest BCUT2D eigenvalue weighted by Gasteiger charge is -1.99. The van der Waals surface area contributed by atoms with Gasteiger partial charge in [0.1, 0.15) is 0 Å². The van der Waals surface area contributed by atoms with Gasteiger partial charge in [-0.05, 0) is 30.3 Å². The lowest BCUT2D eigenvalue weighted by Crippen LogP contribution is -2.11. The van der Waals surface area contributed by atoms with Crippen LogP contribution in [-0.2, 0) is 10.0 Å². The van der Waals surface area contributed by atoms with Crippen LogP contribution in [-0.4, -0.2) is 23.5 Å². The molecular weight excluding hydrogens is 292 g/mol. The van der Waals surface area contributed by atoms with Gasteiger partial charge in [0.2, 0.25) is 15.8 Å². The van der Waals surface area contributed by atoms with Crippen molar-refractivity contribution in [3.05, 3.63) is 48.8 Å². The molecule has 2 heterocycles. The third-order valence-corrected chi connectivity index (χ3v) is 3.69. The molecule has 0 aliphatic carbocycles.